The molecule has 1 heterocycles. The summed E-state index contributed by atoms with van der Waals surface area (Å²) in [4.78, 5) is 5.41. The van der Waals surface area contributed by atoms with Crippen LogP contribution < -0.4 is 5.32 Å². The Hall–Kier alpha value is -0.890. The van der Waals surface area contributed by atoms with Crippen molar-refractivity contribution in [3.05, 3.63) is 18.0 Å². The molecule has 0 spiro atoms. The lowest BCUT2D eigenvalue weighted by atomic mass is 10.4. The lowest BCUT2D eigenvalue weighted by molar-refractivity contribution is 0.370. The Morgan fingerprint density at radius 1 is 1.24 bits per heavy atom. The van der Waals surface area contributed by atoms with Crippen LogP contribution in [0.4, 0.5) is 0 Å². The minimum atomic E-state index is -3.39. The van der Waals surface area contributed by atoms with Crippen LogP contribution in [-0.2, 0) is 16.6 Å². The maximum atomic E-state index is 12.4. The number of rotatable bonds is 10. The molecule has 0 saturated carbocycles. The van der Waals surface area contributed by atoms with E-state index in [9.17, 15) is 8.42 Å². The molecule has 0 radical (unpaired) electrons. The zero-order chi connectivity index (χ0) is 15.9. The first-order chi connectivity index (χ1) is 9.87. The smallest absolute Gasteiger partial charge is 0.244 e. The van der Waals surface area contributed by atoms with Gasteiger partial charge in [0, 0.05) is 32.0 Å². The highest BCUT2D eigenvalue weighted by Crippen LogP contribution is 2.15. The monoisotopic (exact) mass is 316 g/mol. The van der Waals surface area contributed by atoms with E-state index in [0.717, 1.165) is 31.6 Å². The van der Waals surface area contributed by atoms with Gasteiger partial charge < -0.3 is 15.2 Å². The van der Waals surface area contributed by atoms with Crippen LogP contribution in [0.3, 0.4) is 0 Å². The Bertz CT molecular complexity index is 511. The summed E-state index contributed by atoms with van der Waals surface area (Å²) in [5.41, 5.74) is 0.892. The highest BCUT2D eigenvalue weighted by atomic mass is 32.2. The van der Waals surface area contributed by atoms with Crippen LogP contribution in [0.2, 0.25) is 0 Å². The molecule has 0 aliphatic heterocycles. The first-order valence-corrected chi connectivity index (χ1v) is 8.81. The van der Waals surface area contributed by atoms with Gasteiger partial charge in [-0.05, 0) is 46.1 Å². The molecule has 0 aliphatic rings. The number of aromatic amines is 1. The van der Waals surface area contributed by atoms with Crippen molar-refractivity contribution < 1.29 is 8.42 Å². The largest absolute Gasteiger partial charge is 0.363 e. The van der Waals surface area contributed by atoms with Crippen LogP contribution in [0, 0.1) is 0 Å². The van der Waals surface area contributed by atoms with Gasteiger partial charge in [0.15, 0.2) is 0 Å². The van der Waals surface area contributed by atoms with Gasteiger partial charge in [0.25, 0.3) is 0 Å². The van der Waals surface area contributed by atoms with Gasteiger partial charge in [-0.15, -0.1) is 0 Å². The number of nitrogens with zero attached hydrogens (tertiary/aromatic N) is 2. The standard InChI is InChI=1S/C14H28N4O2S/c1-5-7-15-11-13-10-14(12-16-13)21(19,20)18(4)9-6-8-17(2)3/h10,12,15-16H,5-9,11H2,1-4H3. The second-order valence-electron chi connectivity index (χ2n) is 5.52. The van der Waals surface area contributed by atoms with E-state index in [1.54, 1.807) is 19.3 Å². The van der Waals surface area contributed by atoms with E-state index in [1.807, 2.05) is 19.0 Å². The lowest BCUT2D eigenvalue weighted by Gasteiger charge is -2.17. The summed E-state index contributed by atoms with van der Waals surface area (Å²) in [5.74, 6) is 0. The van der Waals surface area contributed by atoms with Crippen molar-refractivity contribution in [3.8, 4) is 0 Å². The van der Waals surface area contributed by atoms with E-state index in [-0.39, 0.29) is 0 Å². The predicted molar refractivity (Wildman–Crippen MR) is 85.8 cm³/mol. The van der Waals surface area contributed by atoms with E-state index in [4.69, 9.17) is 0 Å². The van der Waals surface area contributed by atoms with Crippen LogP contribution in [0.5, 0.6) is 0 Å². The molecular weight excluding hydrogens is 288 g/mol. The first-order valence-electron chi connectivity index (χ1n) is 7.37. The molecule has 1 rings (SSSR count). The Morgan fingerprint density at radius 3 is 2.57 bits per heavy atom. The molecule has 1 aromatic rings. The van der Waals surface area contributed by atoms with Crippen molar-refractivity contribution in [3.63, 3.8) is 0 Å². The van der Waals surface area contributed by atoms with Gasteiger partial charge >= 0.3 is 0 Å². The number of nitrogens with one attached hydrogen (secondary N) is 2. The van der Waals surface area contributed by atoms with Crippen LogP contribution in [-0.4, -0.2) is 63.4 Å². The van der Waals surface area contributed by atoms with Crippen molar-refractivity contribution in [2.45, 2.75) is 31.2 Å². The molecule has 7 heteroatoms. The van der Waals surface area contributed by atoms with Gasteiger partial charge in [-0.2, -0.15) is 0 Å². The summed E-state index contributed by atoms with van der Waals surface area (Å²) in [6.07, 6.45) is 3.44. The molecule has 0 fully saturated rings. The minimum Gasteiger partial charge on any atom is -0.363 e. The van der Waals surface area contributed by atoms with Crippen molar-refractivity contribution in [2.75, 3.05) is 40.8 Å². The third kappa shape index (κ3) is 5.78. The summed E-state index contributed by atoms with van der Waals surface area (Å²) in [6, 6.07) is 1.71. The van der Waals surface area contributed by atoms with Gasteiger partial charge in [0.1, 0.15) is 0 Å². The summed E-state index contributed by atoms with van der Waals surface area (Å²) in [7, 11) is 2.21. The summed E-state index contributed by atoms with van der Waals surface area (Å²) >= 11 is 0. The van der Waals surface area contributed by atoms with Crippen LogP contribution in [0.25, 0.3) is 0 Å². The molecule has 1 aromatic heterocycles. The average Bonchev–Trinajstić information content (AvgIpc) is 2.88. The topological polar surface area (TPSA) is 68.4 Å². The maximum Gasteiger partial charge on any atom is 0.244 e. The molecule has 0 unspecified atom stereocenters. The molecule has 2 N–H and O–H groups in total. The van der Waals surface area contributed by atoms with Gasteiger partial charge in [0.2, 0.25) is 10.0 Å². The van der Waals surface area contributed by atoms with Crippen molar-refractivity contribution in [1.82, 2.24) is 19.5 Å². The molecule has 21 heavy (non-hydrogen) atoms. The zero-order valence-electron chi connectivity index (χ0n) is 13.5. The van der Waals surface area contributed by atoms with Crippen LogP contribution >= 0.6 is 0 Å². The van der Waals surface area contributed by atoms with E-state index in [0.29, 0.717) is 18.0 Å². The SMILES string of the molecule is CCCNCc1cc(S(=O)(=O)N(C)CCCN(C)C)c[nH]1. The normalized spacial score (nSPS) is 12.5. The van der Waals surface area contributed by atoms with Crippen molar-refractivity contribution in [2.24, 2.45) is 0 Å². The van der Waals surface area contributed by atoms with Gasteiger partial charge in [0.05, 0.1) is 4.90 Å². The number of sulfonamides is 1. The molecule has 0 aromatic carbocycles. The number of hydrogen-bond donors (Lipinski definition) is 2. The van der Waals surface area contributed by atoms with Crippen LogP contribution in [0.1, 0.15) is 25.5 Å². The van der Waals surface area contributed by atoms with Crippen molar-refractivity contribution >= 4 is 10.0 Å². The highest BCUT2D eigenvalue weighted by molar-refractivity contribution is 7.89. The Morgan fingerprint density at radius 2 is 1.95 bits per heavy atom. The molecule has 0 atom stereocenters. The van der Waals surface area contributed by atoms with E-state index in [1.165, 1.54) is 4.31 Å². The van der Waals surface area contributed by atoms with E-state index in [2.05, 4.69) is 17.2 Å². The molecule has 0 aliphatic carbocycles. The fraction of sp³-hybridized carbons (Fsp3) is 0.714. The van der Waals surface area contributed by atoms with E-state index >= 15 is 0 Å². The molecule has 0 amide bonds. The fourth-order valence-electron chi connectivity index (χ4n) is 1.98. The quantitative estimate of drug-likeness (QED) is 0.634. The summed E-state index contributed by atoms with van der Waals surface area (Å²) in [6.45, 7) is 5.08. The van der Waals surface area contributed by atoms with Gasteiger partial charge in [-0.25, -0.2) is 12.7 Å². The Labute approximate surface area is 128 Å². The van der Waals surface area contributed by atoms with Gasteiger partial charge in [-0.1, -0.05) is 6.92 Å². The predicted octanol–water partition coefficient (Wildman–Crippen LogP) is 1.09. The summed E-state index contributed by atoms with van der Waals surface area (Å²) in [5, 5.41) is 3.25. The highest BCUT2D eigenvalue weighted by Gasteiger charge is 2.21. The summed E-state index contributed by atoms with van der Waals surface area (Å²) < 4.78 is 26.3. The molecule has 6 nitrogen and oxygen atoms in total. The maximum absolute atomic E-state index is 12.4. The Kier molecular flexibility index (Phi) is 7.37. The third-order valence-corrected chi connectivity index (χ3v) is 5.08. The number of hydrogen-bond acceptors (Lipinski definition) is 4. The Balaban J connectivity index is 2.60. The van der Waals surface area contributed by atoms with Crippen LogP contribution in [0.15, 0.2) is 17.2 Å². The van der Waals surface area contributed by atoms with E-state index < -0.39 is 10.0 Å². The molecule has 122 valence electrons. The lowest BCUT2D eigenvalue weighted by Crippen LogP contribution is -2.29. The second-order valence-corrected chi connectivity index (χ2v) is 7.57. The number of H-pyrrole nitrogens is 1. The molecule has 0 bridgehead atoms. The minimum absolute atomic E-state index is 0.336. The average molecular weight is 316 g/mol. The number of aromatic nitrogens is 1. The third-order valence-electron chi connectivity index (χ3n) is 3.25. The first kappa shape index (κ1) is 18.2. The second kappa shape index (κ2) is 8.53. The zero-order valence-corrected chi connectivity index (χ0v) is 14.3. The molecule has 0 saturated heterocycles. The molecular formula is C14H28N4O2S. The fourth-order valence-corrected chi connectivity index (χ4v) is 3.21. The van der Waals surface area contributed by atoms with Gasteiger partial charge in [-0.3, -0.25) is 0 Å². The van der Waals surface area contributed by atoms with Crippen molar-refractivity contribution in [1.29, 1.82) is 0 Å².